The number of carbonyl (C=O) groups excluding carboxylic acids is 1. The second-order valence-corrected chi connectivity index (χ2v) is 5.39. The lowest BCUT2D eigenvalue weighted by Crippen LogP contribution is -2.13. The third-order valence-corrected chi connectivity index (χ3v) is 3.50. The standard InChI is InChI=1S/C8H17NO3S/c1-2-13(11,12)7-5-8(10)4-3-6-9/h2-7,9H2,1H3. The Morgan fingerprint density at radius 3 is 2.38 bits per heavy atom. The predicted molar refractivity (Wildman–Crippen MR) is 52.2 cm³/mol. The SMILES string of the molecule is CCS(=O)(=O)CCC(=O)CCCN. The fourth-order valence-corrected chi connectivity index (χ4v) is 1.67. The summed E-state index contributed by atoms with van der Waals surface area (Å²) in [5.41, 5.74) is 5.21. The molecule has 13 heavy (non-hydrogen) atoms. The van der Waals surface area contributed by atoms with Gasteiger partial charge in [-0.25, -0.2) is 8.42 Å². The van der Waals surface area contributed by atoms with Gasteiger partial charge < -0.3 is 5.73 Å². The zero-order chi connectivity index (χ0) is 10.3. The lowest BCUT2D eigenvalue weighted by atomic mass is 10.2. The smallest absolute Gasteiger partial charge is 0.150 e. The summed E-state index contributed by atoms with van der Waals surface area (Å²) in [6.45, 7) is 2.06. The maximum absolute atomic E-state index is 11.0. The van der Waals surface area contributed by atoms with Crippen molar-refractivity contribution in [3.63, 3.8) is 0 Å². The summed E-state index contributed by atoms with van der Waals surface area (Å²) in [5.74, 6) is 0.0758. The van der Waals surface area contributed by atoms with Gasteiger partial charge in [0.2, 0.25) is 0 Å². The number of rotatable bonds is 7. The molecule has 2 N–H and O–H groups in total. The van der Waals surface area contributed by atoms with Crippen LogP contribution < -0.4 is 5.73 Å². The van der Waals surface area contributed by atoms with Gasteiger partial charge in [0.15, 0.2) is 0 Å². The quantitative estimate of drug-likeness (QED) is 0.643. The molecule has 0 aliphatic carbocycles. The number of nitrogens with two attached hydrogens (primary N) is 1. The van der Waals surface area contributed by atoms with Gasteiger partial charge in [-0.05, 0) is 13.0 Å². The molecule has 0 aromatic heterocycles. The summed E-state index contributed by atoms with van der Waals surface area (Å²) in [7, 11) is -2.99. The van der Waals surface area contributed by atoms with E-state index in [1.165, 1.54) is 0 Å². The highest BCUT2D eigenvalue weighted by molar-refractivity contribution is 7.91. The monoisotopic (exact) mass is 207 g/mol. The lowest BCUT2D eigenvalue weighted by molar-refractivity contribution is -0.118. The molecule has 0 rings (SSSR count). The minimum absolute atomic E-state index is 0.0116. The third kappa shape index (κ3) is 6.72. The highest BCUT2D eigenvalue weighted by Gasteiger charge is 2.10. The Morgan fingerprint density at radius 2 is 1.92 bits per heavy atom. The van der Waals surface area contributed by atoms with Crippen LogP contribution in [-0.2, 0) is 14.6 Å². The van der Waals surface area contributed by atoms with E-state index in [0.29, 0.717) is 19.4 Å². The molecule has 78 valence electrons. The van der Waals surface area contributed by atoms with E-state index in [4.69, 9.17) is 5.73 Å². The maximum Gasteiger partial charge on any atom is 0.150 e. The first-order valence-electron chi connectivity index (χ1n) is 4.44. The van der Waals surface area contributed by atoms with Crippen molar-refractivity contribution in [1.82, 2.24) is 0 Å². The predicted octanol–water partition coefficient (Wildman–Crippen LogP) is 0.119. The second kappa shape index (κ2) is 6.10. The van der Waals surface area contributed by atoms with Crippen LogP contribution in [0.15, 0.2) is 0 Å². The molecule has 0 heterocycles. The van der Waals surface area contributed by atoms with E-state index in [1.54, 1.807) is 6.92 Å². The van der Waals surface area contributed by atoms with Crippen molar-refractivity contribution in [2.24, 2.45) is 5.73 Å². The van der Waals surface area contributed by atoms with Crippen molar-refractivity contribution in [2.45, 2.75) is 26.2 Å². The Labute approximate surface area is 79.4 Å². The number of ketones is 1. The van der Waals surface area contributed by atoms with Gasteiger partial charge >= 0.3 is 0 Å². The van der Waals surface area contributed by atoms with Gasteiger partial charge in [-0.3, -0.25) is 4.79 Å². The fraction of sp³-hybridized carbons (Fsp3) is 0.875. The molecule has 0 atom stereocenters. The Kier molecular flexibility index (Phi) is 5.90. The van der Waals surface area contributed by atoms with Crippen LogP contribution in [-0.4, -0.2) is 32.3 Å². The largest absolute Gasteiger partial charge is 0.330 e. The molecule has 0 aromatic carbocycles. The molecule has 0 aliphatic rings. The van der Waals surface area contributed by atoms with E-state index < -0.39 is 9.84 Å². The van der Waals surface area contributed by atoms with Crippen LogP contribution >= 0.6 is 0 Å². The van der Waals surface area contributed by atoms with Gasteiger partial charge in [0.25, 0.3) is 0 Å². The normalized spacial score (nSPS) is 11.5. The van der Waals surface area contributed by atoms with E-state index in [1.807, 2.05) is 0 Å². The molecule has 5 heteroatoms. The molecule has 0 saturated heterocycles. The number of Topliss-reactive ketones (excluding diaryl/α,β-unsaturated/α-hetero) is 1. The molecule has 0 saturated carbocycles. The third-order valence-electron chi connectivity index (χ3n) is 1.79. The van der Waals surface area contributed by atoms with Gasteiger partial charge in [-0.2, -0.15) is 0 Å². The highest BCUT2D eigenvalue weighted by Crippen LogP contribution is 1.98. The van der Waals surface area contributed by atoms with E-state index in [9.17, 15) is 13.2 Å². The van der Waals surface area contributed by atoms with Gasteiger partial charge in [0.05, 0.1) is 5.75 Å². The minimum Gasteiger partial charge on any atom is -0.330 e. The van der Waals surface area contributed by atoms with Crippen LogP contribution in [0.2, 0.25) is 0 Å². The molecular weight excluding hydrogens is 190 g/mol. The number of sulfone groups is 1. The van der Waals surface area contributed by atoms with Crippen LogP contribution in [0.25, 0.3) is 0 Å². The molecule has 0 amide bonds. The highest BCUT2D eigenvalue weighted by atomic mass is 32.2. The Morgan fingerprint density at radius 1 is 1.31 bits per heavy atom. The lowest BCUT2D eigenvalue weighted by Gasteiger charge is -2.00. The van der Waals surface area contributed by atoms with E-state index in [2.05, 4.69) is 0 Å². The Bertz CT molecular complexity index is 246. The molecule has 4 nitrogen and oxygen atoms in total. The summed E-state index contributed by atoms with van der Waals surface area (Å²) >= 11 is 0. The van der Waals surface area contributed by atoms with Crippen LogP contribution in [0.4, 0.5) is 0 Å². The first-order chi connectivity index (χ1) is 6.02. The topological polar surface area (TPSA) is 77.2 Å². The van der Waals surface area contributed by atoms with Crippen LogP contribution in [0.3, 0.4) is 0 Å². The average Bonchev–Trinajstić information content (AvgIpc) is 2.11. The first kappa shape index (κ1) is 12.6. The fourth-order valence-electron chi connectivity index (χ4n) is 0.838. The molecule has 0 radical (unpaired) electrons. The molecule has 0 aromatic rings. The summed E-state index contributed by atoms with van der Waals surface area (Å²) in [6, 6.07) is 0. The first-order valence-corrected chi connectivity index (χ1v) is 6.26. The van der Waals surface area contributed by atoms with E-state index >= 15 is 0 Å². The molecule has 0 fully saturated rings. The Hall–Kier alpha value is -0.420. The van der Waals surface area contributed by atoms with Crippen LogP contribution in [0.5, 0.6) is 0 Å². The van der Waals surface area contributed by atoms with Gasteiger partial charge in [-0.1, -0.05) is 6.92 Å². The molecular formula is C8H17NO3S. The number of hydrogen-bond acceptors (Lipinski definition) is 4. The zero-order valence-corrected chi connectivity index (χ0v) is 8.77. The van der Waals surface area contributed by atoms with Crippen LogP contribution in [0.1, 0.15) is 26.2 Å². The summed E-state index contributed by atoms with van der Waals surface area (Å²) in [4.78, 5) is 11.0. The van der Waals surface area contributed by atoms with Crippen molar-refractivity contribution >= 4 is 15.6 Å². The maximum atomic E-state index is 11.0. The summed E-state index contributed by atoms with van der Waals surface area (Å²) < 4.78 is 22.0. The minimum atomic E-state index is -2.99. The second-order valence-electron chi connectivity index (χ2n) is 2.92. The van der Waals surface area contributed by atoms with Crippen molar-refractivity contribution in [1.29, 1.82) is 0 Å². The van der Waals surface area contributed by atoms with Crippen molar-refractivity contribution < 1.29 is 13.2 Å². The van der Waals surface area contributed by atoms with Crippen LogP contribution in [0, 0.1) is 0 Å². The summed E-state index contributed by atoms with van der Waals surface area (Å²) in [6.07, 6.45) is 1.18. The number of carbonyl (C=O) groups is 1. The number of hydrogen-bond donors (Lipinski definition) is 1. The zero-order valence-electron chi connectivity index (χ0n) is 7.95. The van der Waals surface area contributed by atoms with Crippen molar-refractivity contribution in [3.05, 3.63) is 0 Å². The van der Waals surface area contributed by atoms with E-state index in [0.717, 1.165) is 0 Å². The molecule has 0 unspecified atom stereocenters. The summed E-state index contributed by atoms with van der Waals surface area (Å²) in [5, 5.41) is 0. The van der Waals surface area contributed by atoms with Gasteiger partial charge in [0.1, 0.15) is 15.6 Å². The average molecular weight is 207 g/mol. The Balaban J connectivity index is 3.71. The molecule has 0 spiro atoms. The van der Waals surface area contributed by atoms with Crippen molar-refractivity contribution in [3.8, 4) is 0 Å². The van der Waals surface area contributed by atoms with Gasteiger partial charge in [0, 0.05) is 18.6 Å². The molecule has 0 aliphatic heterocycles. The molecule has 0 bridgehead atoms. The van der Waals surface area contributed by atoms with E-state index in [-0.39, 0.29) is 23.7 Å². The van der Waals surface area contributed by atoms with Gasteiger partial charge in [-0.15, -0.1) is 0 Å². The van der Waals surface area contributed by atoms with Crippen molar-refractivity contribution in [2.75, 3.05) is 18.1 Å².